The number of hydrogen-bond acceptors (Lipinski definition) is 4. The molecule has 0 aromatic carbocycles. The Balaban J connectivity index is 2.08. The third-order valence-electron chi connectivity index (χ3n) is 3.09. The first kappa shape index (κ1) is 11.9. The minimum absolute atomic E-state index is 0.338. The number of ether oxygens (including phenoxy) is 1. The quantitative estimate of drug-likeness (QED) is 0.789. The first-order chi connectivity index (χ1) is 9.31. The molecule has 1 aliphatic rings. The van der Waals surface area contributed by atoms with Gasteiger partial charge in [-0.05, 0) is 31.9 Å². The molecule has 98 valence electrons. The van der Waals surface area contributed by atoms with E-state index in [2.05, 4.69) is 10.1 Å². The summed E-state index contributed by atoms with van der Waals surface area (Å²) in [4.78, 5) is 16.3. The third kappa shape index (κ3) is 2.23. The van der Waals surface area contributed by atoms with E-state index in [1.165, 1.54) is 0 Å². The zero-order chi connectivity index (χ0) is 13.2. The van der Waals surface area contributed by atoms with Gasteiger partial charge < -0.3 is 4.74 Å². The Hall–Kier alpha value is -2.17. The summed E-state index contributed by atoms with van der Waals surface area (Å²) in [6, 6.07) is 6.03. The topological polar surface area (TPSA) is 57.0 Å². The van der Waals surface area contributed by atoms with Crippen molar-refractivity contribution in [2.24, 2.45) is 0 Å². The molecule has 0 atom stereocenters. The third-order valence-corrected chi connectivity index (χ3v) is 3.09. The van der Waals surface area contributed by atoms with E-state index < -0.39 is 0 Å². The van der Waals surface area contributed by atoms with Crippen LogP contribution < -0.4 is 0 Å². The smallest absolute Gasteiger partial charge is 0.342 e. The first-order valence-electron chi connectivity index (χ1n) is 6.47. The fraction of sp³-hybridized carbons (Fsp3) is 0.357. The van der Waals surface area contributed by atoms with Crippen LogP contribution in [0.3, 0.4) is 0 Å². The minimum atomic E-state index is -0.338. The molecule has 1 fully saturated rings. The largest absolute Gasteiger partial charge is 0.462 e. The van der Waals surface area contributed by atoms with Gasteiger partial charge in [-0.1, -0.05) is 6.07 Å². The van der Waals surface area contributed by atoms with E-state index in [1.807, 2.05) is 22.9 Å². The minimum Gasteiger partial charge on any atom is -0.462 e. The molecule has 1 saturated carbocycles. The van der Waals surface area contributed by atoms with Gasteiger partial charge in [-0.3, -0.25) is 9.67 Å². The molecule has 5 nitrogen and oxygen atoms in total. The van der Waals surface area contributed by atoms with Crippen LogP contribution in [0.5, 0.6) is 0 Å². The van der Waals surface area contributed by atoms with Gasteiger partial charge in [0.15, 0.2) is 0 Å². The summed E-state index contributed by atoms with van der Waals surface area (Å²) < 4.78 is 6.98. The Morgan fingerprint density at radius 1 is 1.47 bits per heavy atom. The number of esters is 1. The van der Waals surface area contributed by atoms with E-state index in [4.69, 9.17) is 4.74 Å². The molecular formula is C14H15N3O2. The Labute approximate surface area is 111 Å². The molecule has 0 aliphatic heterocycles. The second-order valence-electron chi connectivity index (χ2n) is 4.52. The molecule has 2 heterocycles. The van der Waals surface area contributed by atoms with E-state index >= 15 is 0 Å². The Kier molecular flexibility index (Phi) is 3.03. The van der Waals surface area contributed by atoms with Gasteiger partial charge in [0.05, 0.1) is 24.5 Å². The maximum Gasteiger partial charge on any atom is 0.342 e. The Bertz CT molecular complexity index is 588. The second-order valence-corrected chi connectivity index (χ2v) is 4.52. The number of hydrogen-bond donors (Lipinski definition) is 0. The van der Waals surface area contributed by atoms with Crippen molar-refractivity contribution in [3.05, 3.63) is 36.2 Å². The monoisotopic (exact) mass is 257 g/mol. The number of nitrogens with zero attached hydrogens (tertiary/aromatic N) is 3. The van der Waals surface area contributed by atoms with Gasteiger partial charge in [0.2, 0.25) is 0 Å². The van der Waals surface area contributed by atoms with E-state index in [9.17, 15) is 4.79 Å². The molecule has 0 amide bonds. The van der Waals surface area contributed by atoms with E-state index in [0.717, 1.165) is 24.2 Å². The normalized spacial score (nSPS) is 14.4. The molecular weight excluding hydrogens is 242 g/mol. The van der Waals surface area contributed by atoms with Gasteiger partial charge >= 0.3 is 5.97 Å². The molecule has 2 aromatic rings. The van der Waals surface area contributed by atoms with E-state index in [1.54, 1.807) is 19.3 Å². The van der Waals surface area contributed by atoms with Gasteiger partial charge in [-0.25, -0.2) is 4.79 Å². The molecule has 0 N–H and O–H groups in total. The lowest BCUT2D eigenvalue weighted by molar-refractivity contribution is 0.0527. The maximum atomic E-state index is 12.0. The predicted octanol–water partition coefficient (Wildman–Crippen LogP) is 2.46. The van der Waals surface area contributed by atoms with Crippen LogP contribution >= 0.6 is 0 Å². The zero-order valence-electron chi connectivity index (χ0n) is 10.7. The number of carbonyl (C=O) groups is 1. The summed E-state index contributed by atoms with van der Waals surface area (Å²) in [5, 5.41) is 4.33. The molecule has 0 spiro atoms. The lowest BCUT2D eigenvalue weighted by Gasteiger charge is -2.07. The van der Waals surface area contributed by atoms with Crippen molar-refractivity contribution in [1.29, 1.82) is 0 Å². The number of rotatable bonds is 4. The highest BCUT2D eigenvalue weighted by Gasteiger charge is 2.30. The van der Waals surface area contributed by atoms with E-state index in [0.29, 0.717) is 18.2 Å². The summed E-state index contributed by atoms with van der Waals surface area (Å²) in [6.07, 6.45) is 5.50. The van der Waals surface area contributed by atoms with Crippen LogP contribution in [0.1, 0.15) is 36.2 Å². The maximum absolute atomic E-state index is 12.0. The van der Waals surface area contributed by atoms with Crippen LogP contribution in [-0.4, -0.2) is 27.3 Å². The van der Waals surface area contributed by atoms with Crippen molar-refractivity contribution in [3.8, 4) is 11.4 Å². The highest BCUT2D eigenvalue weighted by Crippen LogP contribution is 2.38. The summed E-state index contributed by atoms with van der Waals surface area (Å²) in [6.45, 7) is 2.15. The Morgan fingerprint density at radius 3 is 2.95 bits per heavy atom. The summed E-state index contributed by atoms with van der Waals surface area (Å²) in [5.41, 5.74) is 2.02. The first-order valence-corrected chi connectivity index (χ1v) is 6.47. The summed E-state index contributed by atoms with van der Waals surface area (Å²) in [5.74, 6) is -0.338. The van der Waals surface area contributed by atoms with Crippen molar-refractivity contribution in [1.82, 2.24) is 14.8 Å². The van der Waals surface area contributed by atoms with Gasteiger partial charge in [-0.2, -0.15) is 5.10 Å². The van der Waals surface area contributed by atoms with Gasteiger partial charge in [0.1, 0.15) is 11.3 Å². The van der Waals surface area contributed by atoms with Crippen LogP contribution in [0.2, 0.25) is 0 Å². The molecule has 2 aromatic heterocycles. The summed E-state index contributed by atoms with van der Waals surface area (Å²) >= 11 is 0. The molecule has 3 rings (SSSR count). The van der Waals surface area contributed by atoms with Crippen molar-refractivity contribution < 1.29 is 9.53 Å². The average molecular weight is 257 g/mol. The van der Waals surface area contributed by atoms with Crippen LogP contribution in [0, 0.1) is 0 Å². The van der Waals surface area contributed by atoms with Crippen LogP contribution in [0.15, 0.2) is 30.6 Å². The van der Waals surface area contributed by atoms with Crippen LogP contribution in [-0.2, 0) is 4.74 Å². The molecule has 19 heavy (non-hydrogen) atoms. The molecule has 0 unspecified atom stereocenters. The van der Waals surface area contributed by atoms with Gasteiger partial charge in [-0.15, -0.1) is 0 Å². The van der Waals surface area contributed by atoms with Crippen LogP contribution in [0.4, 0.5) is 0 Å². The predicted molar refractivity (Wildman–Crippen MR) is 69.7 cm³/mol. The molecule has 1 aliphatic carbocycles. The van der Waals surface area contributed by atoms with Crippen LogP contribution in [0.25, 0.3) is 11.4 Å². The lowest BCUT2D eigenvalue weighted by Crippen LogP contribution is -2.07. The molecule has 0 radical (unpaired) electrons. The zero-order valence-corrected chi connectivity index (χ0v) is 10.7. The average Bonchev–Trinajstić information content (AvgIpc) is 3.18. The molecule has 5 heteroatoms. The Morgan fingerprint density at radius 2 is 2.32 bits per heavy atom. The van der Waals surface area contributed by atoms with Crippen molar-refractivity contribution in [2.75, 3.05) is 6.61 Å². The molecule has 0 bridgehead atoms. The lowest BCUT2D eigenvalue weighted by atomic mass is 10.2. The van der Waals surface area contributed by atoms with Gasteiger partial charge in [0.25, 0.3) is 0 Å². The number of pyridine rings is 1. The van der Waals surface area contributed by atoms with Gasteiger partial charge in [0, 0.05) is 6.20 Å². The fourth-order valence-corrected chi connectivity index (χ4v) is 2.07. The number of aromatic nitrogens is 3. The fourth-order valence-electron chi connectivity index (χ4n) is 2.07. The molecule has 0 saturated heterocycles. The standard InChI is InChI=1S/C14H15N3O2/c1-2-19-14(18)11-9-16-17(10-6-7-10)13(11)12-5-3-4-8-15-12/h3-5,8-10H,2,6-7H2,1H3. The van der Waals surface area contributed by atoms with Crippen molar-refractivity contribution in [3.63, 3.8) is 0 Å². The SMILES string of the molecule is CCOC(=O)c1cnn(C2CC2)c1-c1ccccn1. The van der Waals surface area contributed by atoms with Crippen molar-refractivity contribution in [2.45, 2.75) is 25.8 Å². The summed E-state index contributed by atoms with van der Waals surface area (Å²) in [7, 11) is 0. The highest BCUT2D eigenvalue weighted by atomic mass is 16.5. The number of carbonyl (C=O) groups excluding carboxylic acids is 1. The van der Waals surface area contributed by atoms with E-state index in [-0.39, 0.29) is 5.97 Å². The van der Waals surface area contributed by atoms with Crippen molar-refractivity contribution >= 4 is 5.97 Å². The highest BCUT2D eigenvalue weighted by molar-refractivity contribution is 5.95. The second kappa shape index (κ2) is 4.84.